The monoisotopic (exact) mass is 346 g/mol. The van der Waals surface area contributed by atoms with E-state index in [4.69, 9.17) is 34.8 Å². The topological polar surface area (TPSA) is 0 Å². The van der Waals surface area contributed by atoms with E-state index < -0.39 is 0 Å². The lowest BCUT2D eigenvalue weighted by Crippen LogP contribution is -2.23. The Morgan fingerprint density at radius 2 is 1.81 bits per heavy atom. The molecule has 1 fully saturated rings. The molecule has 1 aromatic rings. The number of halogens is 3. The standard InChI is InChI=1S/C18H25Cl3/c1-2-3-4-13-5-8-15(9-6-13)17(20)11-14-7-10-16(19)18(21)12-14/h7,10,12-13,15,17H,2-6,8-9,11H2,1H3. The molecule has 0 aromatic heterocycles. The van der Waals surface area contributed by atoms with Gasteiger partial charge in [0.1, 0.15) is 0 Å². The van der Waals surface area contributed by atoms with Crippen LogP contribution in [0.5, 0.6) is 0 Å². The number of hydrogen-bond donors (Lipinski definition) is 0. The summed E-state index contributed by atoms with van der Waals surface area (Å²) in [5.74, 6) is 1.59. The van der Waals surface area contributed by atoms with Crippen LogP contribution in [-0.4, -0.2) is 5.38 Å². The van der Waals surface area contributed by atoms with E-state index in [2.05, 4.69) is 6.92 Å². The lowest BCUT2D eigenvalue weighted by atomic mass is 9.77. The Bertz CT molecular complexity index is 436. The third-order valence-electron chi connectivity index (χ3n) is 4.78. The first-order chi connectivity index (χ1) is 10.1. The summed E-state index contributed by atoms with van der Waals surface area (Å²) < 4.78 is 0. The Balaban J connectivity index is 1.81. The Labute approximate surface area is 144 Å². The summed E-state index contributed by atoms with van der Waals surface area (Å²) in [4.78, 5) is 0. The predicted octanol–water partition coefficient (Wildman–Crippen LogP) is 7.14. The van der Waals surface area contributed by atoms with Crippen LogP contribution in [0.4, 0.5) is 0 Å². The van der Waals surface area contributed by atoms with Crippen LogP contribution in [-0.2, 0) is 6.42 Å². The van der Waals surface area contributed by atoms with Crippen molar-refractivity contribution in [3.05, 3.63) is 33.8 Å². The van der Waals surface area contributed by atoms with Crippen molar-refractivity contribution >= 4 is 34.8 Å². The summed E-state index contributed by atoms with van der Waals surface area (Å²) in [6.07, 6.45) is 10.3. The number of alkyl halides is 1. The molecule has 0 nitrogen and oxygen atoms in total. The summed E-state index contributed by atoms with van der Waals surface area (Å²) >= 11 is 18.7. The van der Waals surface area contributed by atoms with Gasteiger partial charge in [-0.05, 0) is 48.8 Å². The molecule has 0 spiro atoms. The number of unbranched alkanes of at least 4 members (excludes halogenated alkanes) is 1. The third-order valence-corrected chi connectivity index (χ3v) is 6.03. The lowest BCUT2D eigenvalue weighted by Gasteiger charge is -2.31. The molecule has 21 heavy (non-hydrogen) atoms. The fourth-order valence-electron chi connectivity index (χ4n) is 3.39. The minimum Gasteiger partial charge on any atom is -0.122 e. The van der Waals surface area contributed by atoms with Gasteiger partial charge in [0.05, 0.1) is 10.0 Å². The van der Waals surface area contributed by atoms with Gasteiger partial charge in [-0.1, -0.05) is 68.3 Å². The van der Waals surface area contributed by atoms with Crippen LogP contribution < -0.4 is 0 Å². The molecule has 0 amide bonds. The highest BCUT2D eigenvalue weighted by Crippen LogP contribution is 2.36. The van der Waals surface area contributed by atoms with Crippen molar-refractivity contribution in [3.63, 3.8) is 0 Å². The molecule has 0 radical (unpaired) electrons. The Hall–Kier alpha value is 0.0900. The van der Waals surface area contributed by atoms with Crippen molar-refractivity contribution in [2.45, 2.75) is 63.7 Å². The van der Waals surface area contributed by atoms with Crippen molar-refractivity contribution in [3.8, 4) is 0 Å². The number of rotatable bonds is 6. The Morgan fingerprint density at radius 1 is 1.10 bits per heavy atom. The first-order valence-corrected chi connectivity index (χ1v) is 9.37. The highest BCUT2D eigenvalue weighted by molar-refractivity contribution is 6.42. The first kappa shape index (κ1) is 17.4. The number of benzene rings is 1. The van der Waals surface area contributed by atoms with Crippen LogP contribution in [0, 0.1) is 11.8 Å². The van der Waals surface area contributed by atoms with Gasteiger partial charge >= 0.3 is 0 Å². The van der Waals surface area contributed by atoms with E-state index in [1.165, 1.54) is 50.5 Å². The van der Waals surface area contributed by atoms with Crippen LogP contribution >= 0.6 is 34.8 Å². The van der Waals surface area contributed by atoms with Crippen molar-refractivity contribution in [2.24, 2.45) is 11.8 Å². The molecule has 2 rings (SSSR count). The number of hydrogen-bond acceptors (Lipinski definition) is 0. The van der Waals surface area contributed by atoms with Crippen LogP contribution in [0.1, 0.15) is 57.4 Å². The molecule has 1 atom stereocenters. The third kappa shape index (κ3) is 5.34. The van der Waals surface area contributed by atoms with Crippen molar-refractivity contribution in [1.82, 2.24) is 0 Å². The van der Waals surface area contributed by atoms with E-state index >= 15 is 0 Å². The molecule has 1 aliphatic rings. The Morgan fingerprint density at radius 3 is 2.43 bits per heavy atom. The van der Waals surface area contributed by atoms with Crippen molar-refractivity contribution < 1.29 is 0 Å². The zero-order valence-corrected chi connectivity index (χ0v) is 15.0. The van der Waals surface area contributed by atoms with Gasteiger partial charge in [0.25, 0.3) is 0 Å². The van der Waals surface area contributed by atoms with Gasteiger partial charge < -0.3 is 0 Å². The van der Waals surface area contributed by atoms with Gasteiger partial charge in [-0.15, -0.1) is 11.6 Å². The highest BCUT2D eigenvalue weighted by atomic mass is 35.5. The van der Waals surface area contributed by atoms with E-state index in [0.717, 1.165) is 12.3 Å². The van der Waals surface area contributed by atoms with E-state index in [1.807, 2.05) is 18.2 Å². The molecule has 1 aromatic carbocycles. The second-order valence-corrected chi connectivity index (χ2v) is 7.77. The van der Waals surface area contributed by atoms with Crippen molar-refractivity contribution in [2.75, 3.05) is 0 Å². The summed E-state index contributed by atoms with van der Waals surface area (Å²) in [7, 11) is 0. The second-order valence-electron chi connectivity index (χ2n) is 6.39. The minimum absolute atomic E-state index is 0.217. The van der Waals surface area contributed by atoms with E-state index in [1.54, 1.807) is 0 Å². The average Bonchev–Trinajstić information content (AvgIpc) is 2.49. The predicted molar refractivity (Wildman–Crippen MR) is 94.8 cm³/mol. The van der Waals surface area contributed by atoms with Gasteiger partial charge in [0.2, 0.25) is 0 Å². The molecule has 0 bridgehead atoms. The summed E-state index contributed by atoms with van der Waals surface area (Å²) in [5, 5.41) is 1.46. The van der Waals surface area contributed by atoms with Gasteiger partial charge in [-0.2, -0.15) is 0 Å². The van der Waals surface area contributed by atoms with Gasteiger partial charge in [0.15, 0.2) is 0 Å². The highest BCUT2D eigenvalue weighted by Gasteiger charge is 2.26. The van der Waals surface area contributed by atoms with Crippen LogP contribution in [0.25, 0.3) is 0 Å². The zero-order chi connectivity index (χ0) is 15.2. The quantitative estimate of drug-likeness (QED) is 0.480. The molecule has 1 saturated carbocycles. The van der Waals surface area contributed by atoms with Crippen LogP contribution in [0.3, 0.4) is 0 Å². The molecular weight excluding hydrogens is 323 g/mol. The summed E-state index contributed by atoms with van der Waals surface area (Å²) in [5.41, 5.74) is 1.19. The maximum absolute atomic E-state index is 6.66. The second kappa shape index (κ2) is 8.65. The Kier molecular flexibility index (Phi) is 7.19. The molecule has 0 heterocycles. The summed E-state index contributed by atoms with van der Waals surface area (Å²) in [6, 6.07) is 5.85. The van der Waals surface area contributed by atoms with E-state index in [0.29, 0.717) is 16.0 Å². The molecule has 0 saturated heterocycles. The van der Waals surface area contributed by atoms with Crippen LogP contribution in [0.15, 0.2) is 18.2 Å². The smallest absolute Gasteiger partial charge is 0.0595 e. The van der Waals surface area contributed by atoms with Gasteiger partial charge in [0, 0.05) is 5.38 Å². The maximum atomic E-state index is 6.66. The molecule has 0 aliphatic heterocycles. The van der Waals surface area contributed by atoms with Crippen LogP contribution in [0.2, 0.25) is 10.0 Å². The molecular formula is C18H25Cl3. The maximum Gasteiger partial charge on any atom is 0.0595 e. The molecule has 118 valence electrons. The van der Waals surface area contributed by atoms with Crippen molar-refractivity contribution in [1.29, 1.82) is 0 Å². The zero-order valence-electron chi connectivity index (χ0n) is 12.8. The van der Waals surface area contributed by atoms with Gasteiger partial charge in [-0.3, -0.25) is 0 Å². The molecule has 3 heteroatoms. The normalized spacial score (nSPS) is 24.0. The van der Waals surface area contributed by atoms with E-state index in [-0.39, 0.29) is 5.38 Å². The largest absolute Gasteiger partial charge is 0.122 e. The fraction of sp³-hybridized carbons (Fsp3) is 0.667. The average molecular weight is 348 g/mol. The fourth-order valence-corrected chi connectivity index (χ4v) is 4.14. The first-order valence-electron chi connectivity index (χ1n) is 8.18. The SMILES string of the molecule is CCCCC1CCC(C(Cl)Cc2ccc(Cl)c(Cl)c2)CC1. The minimum atomic E-state index is 0.217. The molecule has 1 unspecified atom stereocenters. The molecule has 0 N–H and O–H groups in total. The summed E-state index contributed by atoms with van der Waals surface area (Å²) in [6.45, 7) is 2.28. The molecule has 1 aliphatic carbocycles. The lowest BCUT2D eigenvalue weighted by molar-refractivity contribution is 0.253. The van der Waals surface area contributed by atoms with E-state index in [9.17, 15) is 0 Å². The van der Waals surface area contributed by atoms with Gasteiger partial charge in [-0.25, -0.2) is 0 Å².